The Kier molecular flexibility index (Phi) is 5.25. The molecule has 1 aliphatic rings. The molecule has 0 spiro atoms. The average molecular weight is 422 g/mol. The number of pyridine rings is 1. The van der Waals surface area contributed by atoms with Crippen molar-refractivity contribution < 1.29 is 9.59 Å². The molecule has 108 valence electrons. The molecule has 2 rings (SSSR count). The van der Waals surface area contributed by atoms with Crippen molar-refractivity contribution in [3.05, 3.63) is 20.7 Å². The van der Waals surface area contributed by atoms with Gasteiger partial charge in [0, 0.05) is 30.1 Å². The van der Waals surface area contributed by atoms with Crippen LogP contribution >= 0.6 is 43.6 Å². The van der Waals surface area contributed by atoms with Gasteiger partial charge >= 0.3 is 0 Å². The van der Waals surface area contributed by atoms with Gasteiger partial charge in [0.25, 0.3) is 0 Å². The first-order valence-corrected chi connectivity index (χ1v) is 8.72. The molecule has 0 bridgehead atoms. The third kappa shape index (κ3) is 3.62. The molecular weight excluding hydrogens is 408 g/mol. The van der Waals surface area contributed by atoms with Gasteiger partial charge < -0.3 is 0 Å². The maximum Gasteiger partial charge on any atom is 0.228 e. The van der Waals surface area contributed by atoms with Gasteiger partial charge in [0.2, 0.25) is 5.91 Å². The Bertz CT molecular complexity index is 566. The molecular formula is C13H14Br2N2O2S. The van der Waals surface area contributed by atoms with Crippen molar-refractivity contribution >= 4 is 60.5 Å². The first-order valence-electron chi connectivity index (χ1n) is 6.15. The van der Waals surface area contributed by atoms with Gasteiger partial charge in [0.1, 0.15) is 5.82 Å². The Morgan fingerprint density at radius 3 is 2.85 bits per heavy atom. The summed E-state index contributed by atoms with van der Waals surface area (Å²) in [7, 11) is 0. The molecule has 1 aromatic rings. The maximum atomic E-state index is 12.1. The second-order valence-electron chi connectivity index (χ2n) is 4.74. The first kappa shape index (κ1) is 16.0. The number of nitrogens with zero attached hydrogens (tertiary/aromatic N) is 2. The zero-order valence-corrected chi connectivity index (χ0v) is 15.1. The van der Waals surface area contributed by atoms with E-state index in [-0.39, 0.29) is 16.9 Å². The largest absolute Gasteiger partial charge is 0.296 e. The van der Waals surface area contributed by atoms with E-state index in [1.165, 1.54) is 11.8 Å². The van der Waals surface area contributed by atoms with E-state index in [9.17, 15) is 9.59 Å². The van der Waals surface area contributed by atoms with E-state index < -0.39 is 0 Å². The Balaban J connectivity index is 2.16. The third-order valence-corrected chi connectivity index (χ3v) is 5.50. The topological polar surface area (TPSA) is 50.3 Å². The Morgan fingerprint density at radius 2 is 2.20 bits per heavy atom. The first-order chi connectivity index (χ1) is 9.38. The molecule has 1 saturated heterocycles. The van der Waals surface area contributed by atoms with Crippen molar-refractivity contribution in [2.75, 3.05) is 17.2 Å². The van der Waals surface area contributed by atoms with Crippen LogP contribution in [0.2, 0.25) is 0 Å². The molecule has 1 unspecified atom stereocenters. The fourth-order valence-corrected chi connectivity index (χ4v) is 3.92. The van der Waals surface area contributed by atoms with Gasteiger partial charge in [0.05, 0.1) is 10.2 Å². The average Bonchev–Trinajstić information content (AvgIpc) is 2.72. The quantitative estimate of drug-likeness (QED) is 0.748. The highest BCUT2D eigenvalue weighted by Gasteiger charge is 2.32. The predicted molar refractivity (Wildman–Crippen MR) is 88.0 cm³/mol. The Hall–Kier alpha value is -0.400. The lowest BCUT2D eigenvalue weighted by Gasteiger charge is -2.18. The minimum Gasteiger partial charge on any atom is -0.296 e. The number of carbonyl (C=O) groups is 2. The molecule has 2 heterocycles. The molecule has 1 aromatic heterocycles. The number of thioether (sulfide) groups is 1. The standard InChI is InChI=1S/C13H14Br2N2O2S/c1-7-10(14)4-11(15)13(16-7)17-5-9(3-12(17)19)6-20-8(2)18/h4,9H,3,5-6H2,1-2H3. The molecule has 1 aliphatic heterocycles. The number of hydrogen-bond acceptors (Lipinski definition) is 4. The SMILES string of the molecule is CC(=O)SCC1CC(=O)N(c2nc(C)c(Br)cc2Br)C1. The zero-order chi connectivity index (χ0) is 14.9. The van der Waals surface area contributed by atoms with Crippen molar-refractivity contribution in [1.29, 1.82) is 0 Å². The minimum atomic E-state index is 0.0640. The summed E-state index contributed by atoms with van der Waals surface area (Å²) in [6, 6.07) is 1.91. The van der Waals surface area contributed by atoms with Gasteiger partial charge in [-0.2, -0.15) is 0 Å². The molecule has 1 fully saturated rings. The highest BCUT2D eigenvalue weighted by molar-refractivity contribution is 9.11. The van der Waals surface area contributed by atoms with E-state index in [4.69, 9.17) is 0 Å². The summed E-state index contributed by atoms with van der Waals surface area (Å²) in [6.45, 7) is 4.06. The highest BCUT2D eigenvalue weighted by atomic mass is 79.9. The van der Waals surface area contributed by atoms with E-state index in [0.29, 0.717) is 24.5 Å². The van der Waals surface area contributed by atoms with Crippen LogP contribution in [0.25, 0.3) is 0 Å². The predicted octanol–water partition coefficient (Wildman–Crippen LogP) is 3.55. The van der Waals surface area contributed by atoms with Crippen LogP contribution in [-0.2, 0) is 9.59 Å². The van der Waals surface area contributed by atoms with E-state index in [0.717, 1.165) is 14.6 Å². The highest BCUT2D eigenvalue weighted by Crippen LogP contribution is 2.33. The van der Waals surface area contributed by atoms with Crippen LogP contribution in [-0.4, -0.2) is 28.3 Å². The van der Waals surface area contributed by atoms with Crippen molar-refractivity contribution in [3.8, 4) is 0 Å². The van der Waals surface area contributed by atoms with Gasteiger partial charge in [-0.25, -0.2) is 4.98 Å². The molecule has 0 N–H and O–H groups in total. The zero-order valence-electron chi connectivity index (χ0n) is 11.2. The summed E-state index contributed by atoms with van der Waals surface area (Å²) >= 11 is 8.16. The molecule has 0 aromatic carbocycles. The molecule has 0 saturated carbocycles. The number of anilines is 1. The Morgan fingerprint density at radius 1 is 1.50 bits per heavy atom. The van der Waals surface area contributed by atoms with Crippen molar-refractivity contribution in [1.82, 2.24) is 4.98 Å². The molecule has 4 nitrogen and oxygen atoms in total. The van der Waals surface area contributed by atoms with Crippen molar-refractivity contribution in [2.45, 2.75) is 20.3 Å². The van der Waals surface area contributed by atoms with Gasteiger partial charge in [0.15, 0.2) is 5.12 Å². The van der Waals surface area contributed by atoms with Gasteiger partial charge in [-0.15, -0.1) is 0 Å². The summed E-state index contributed by atoms with van der Waals surface area (Å²) in [5, 5.41) is 0.0923. The van der Waals surface area contributed by atoms with Crippen LogP contribution in [0.4, 0.5) is 5.82 Å². The number of hydrogen-bond donors (Lipinski definition) is 0. The molecule has 7 heteroatoms. The molecule has 0 radical (unpaired) electrons. The maximum absolute atomic E-state index is 12.1. The van der Waals surface area contributed by atoms with Gasteiger partial charge in [-0.05, 0) is 50.8 Å². The smallest absolute Gasteiger partial charge is 0.228 e. The normalized spacial score (nSPS) is 18.7. The van der Waals surface area contributed by atoms with Crippen LogP contribution < -0.4 is 4.90 Å². The van der Waals surface area contributed by atoms with E-state index in [1.54, 1.807) is 11.8 Å². The summed E-state index contributed by atoms with van der Waals surface area (Å²) in [5.74, 6) is 1.61. The number of aromatic nitrogens is 1. The fourth-order valence-electron chi connectivity index (χ4n) is 2.07. The van der Waals surface area contributed by atoms with E-state index in [2.05, 4.69) is 36.8 Å². The van der Waals surface area contributed by atoms with Crippen molar-refractivity contribution in [3.63, 3.8) is 0 Å². The minimum absolute atomic E-state index is 0.0640. The molecule has 0 aliphatic carbocycles. The number of rotatable bonds is 3. The van der Waals surface area contributed by atoms with Gasteiger partial charge in [-0.1, -0.05) is 11.8 Å². The monoisotopic (exact) mass is 420 g/mol. The van der Waals surface area contributed by atoms with Crippen LogP contribution in [0.3, 0.4) is 0 Å². The van der Waals surface area contributed by atoms with E-state index >= 15 is 0 Å². The van der Waals surface area contributed by atoms with Crippen LogP contribution in [0.1, 0.15) is 19.0 Å². The summed E-state index contributed by atoms with van der Waals surface area (Å²) in [5.41, 5.74) is 0.845. The van der Waals surface area contributed by atoms with Crippen LogP contribution in [0, 0.1) is 12.8 Å². The van der Waals surface area contributed by atoms with Crippen LogP contribution in [0.15, 0.2) is 15.0 Å². The lowest BCUT2D eigenvalue weighted by Crippen LogP contribution is -2.26. The Labute approximate surface area is 139 Å². The lowest BCUT2D eigenvalue weighted by molar-refractivity contribution is -0.117. The summed E-state index contributed by atoms with van der Waals surface area (Å²) < 4.78 is 1.70. The lowest BCUT2D eigenvalue weighted by atomic mass is 10.1. The number of halogens is 2. The van der Waals surface area contributed by atoms with E-state index in [1.807, 2.05) is 13.0 Å². The summed E-state index contributed by atoms with van der Waals surface area (Å²) in [4.78, 5) is 29.3. The third-order valence-electron chi connectivity index (χ3n) is 3.07. The molecule has 1 atom stereocenters. The van der Waals surface area contributed by atoms with Crippen molar-refractivity contribution in [2.24, 2.45) is 5.92 Å². The fraction of sp³-hybridized carbons (Fsp3) is 0.462. The van der Waals surface area contributed by atoms with Crippen LogP contribution in [0.5, 0.6) is 0 Å². The second kappa shape index (κ2) is 6.58. The number of carbonyl (C=O) groups excluding carboxylic acids is 2. The summed E-state index contributed by atoms with van der Waals surface area (Å²) in [6.07, 6.45) is 0.476. The molecule has 20 heavy (non-hydrogen) atoms. The second-order valence-corrected chi connectivity index (χ2v) is 7.64. The number of amides is 1. The van der Waals surface area contributed by atoms with Gasteiger partial charge in [-0.3, -0.25) is 14.5 Å². The molecule has 1 amide bonds. The number of aryl methyl sites for hydroxylation is 1.